The van der Waals surface area contributed by atoms with Crippen LogP contribution in [0.25, 0.3) is 0 Å². The molecule has 3 aromatic rings. The standard InChI is InChI=1S/C28H30Cl2N2O3/c1-20(2)17-31-28(34)25(16-21-10-4-3-5-11-21)32(18-22-12-6-7-13-23(22)29)27(33)19-35-26-15-9-8-14-24(26)30/h3-15,20,25H,16-19H2,1-2H3,(H,31,34)/t25-/m0/s1. The van der Waals surface area contributed by atoms with Gasteiger partial charge in [0, 0.05) is 24.5 Å². The van der Waals surface area contributed by atoms with Crippen molar-refractivity contribution in [3.05, 3.63) is 100 Å². The minimum atomic E-state index is -0.755. The van der Waals surface area contributed by atoms with Crippen molar-refractivity contribution in [2.24, 2.45) is 5.92 Å². The van der Waals surface area contributed by atoms with Crippen molar-refractivity contribution in [2.45, 2.75) is 32.9 Å². The van der Waals surface area contributed by atoms with Gasteiger partial charge < -0.3 is 15.0 Å². The first-order chi connectivity index (χ1) is 16.8. The molecule has 2 amide bonds. The highest BCUT2D eigenvalue weighted by molar-refractivity contribution is 6.32. The van der Waals surface area contributed by atoms with E-state index in [2.05, 4.69) is 5.32 Å². The first-order valence-electron chi connectivity index (χ1n) is 11.6. The molecule has 7 heteroatoms. The summed E-state index contributed by atoms with van der Waals surface area (Å²) in [4.78, 5) is 28.5. The van der Waals surface area contributed by atoms with Crippen LogP contribution in [-0.4, -0.2) is 35.9 Å². The number of ether oxygens (including phenoxy) is 1. The number of hydrogen-bond donors (Lipinski definition) is 1. The van der Waals surface area contributed by atoms with Gasteiger partial charge in [-0.25, -0.2) is 0 Å². The van der Waals surface area contributed by atoms with E-state index in [-0.39, 0.29) is 30.9 Å². The Kier molecular flexibility index (Phi) is 10.0. The van der Waals surface area contributed by atoms with E-state index >= 15 is 0 Å². The third-order valence-corrected chi connectivity index (χ3v) is 6.12. The molecule has 0 aliphatic heterocycles. The second-order valence-electron chi connectivity index (χ2n) is 8.68. The highest BCUT2D eigenvalue weighted by Gasteiger charge is 2.31. The molecule has 0 aliphatic rings. The quantitative estimate of drug-likeness (QED) is 0.354. The zero-order valence-electron chi connectivity index (χ0n) is 19.9. The second kappa shape index (κ2) is 13.2. The molecule has 0 unspecified atom stereocenters. The zero-order chi connectivity index (χ0) is 25.2. The van der Waals surface area contributed by atoms with Crippen LogP contribution in [0.15, 0.2) is 78.9 Å². The maximum Gasteiger partial charge on any atom is 0.261 e. The minimum absolute atomic E-state index is 0.164. The lowest BCUT2D eigenvalue weighted by Crippen LogP contribution is -2.52. The SMILES string of the molecule is CC(C)CNC(=O)[C@H](Cc1ccccc1)N(Cc1ccccc1Cl)C(=O)COc1ccccc1Cl. The summed E-state index contributed by atoms with van der Waals surface area (Å²) in [5.41, 5.74) is 1.69. The number of carbonyl (C=O) groups is 2. The van der Waals surface area contributed by atoms with Crippen molar-refractivity contribution >= 4 is 35.0 Å². The van der Waals surface area contributed by atoms with Crippen LogP contribution in [0.1, 0.15) is 25.0 Å². The van der Waals surface area contributed by atoms with Gasteiger partial charge in [0.25, 0.3) is 5.91 Å². The Morgan fingerprint density at radius 1 is 0.886 bits per heavy atom. The molecule has 0 aromatic heterocycles. The number of amides is 2. The lowest BCUT2D eigenvalue weighted by Gasteiger charge is -2.32. The van der Waals surface area contributed by atoms with Crippen LogP contribution < -0.4 is 10.1 Å². The molecule has 1 N–H and O–H groups in total. The summed E-state index contributed by atoms with van der Waals surface area (Å²) in [6.07, 6.45) is 0.354. The molecule has 184 valence electrons. The van der Waals surface area contributed by atoms with Gasteiger partial charge in [-0.3, -0.25) is 9.59 Å². The molecule has 3 rings (SSSR count). The summed E-state index contributed by atoms with van der Waals surface area (Å²) in [6, 6.07) is 23.2. The Balaban J connectivity index is 1.92. The molecule has 0 saturated heterocycles. The molecule has 1 atom stereocenters. The molecule has 35 heavy (non-hydrogen) atoms. The summed E-state index contributed by atoms with van der Waals surface area (Å²) in [5.74, 6) is 0.114. The molecule has 0 heterocycles. The first-order valence-corrected chi connectivity index (χ1v) is 12.3. The van der Waals surface area contributed by atoms with Gasteiger partial charge in [-0.05, 0) is 35.2 Å². The van der Waals surface area contributed by atoms with E-state index in [9.17, 15) is 9.59 Å². The lowest BCUT2D eigenvalue weighted by molar-refractivity contribution is -0.142. The van der Waals surface area contributed by atoms with Crippen LogP contribution in [-0.2, 0) is 22.6 Å². The molecular formula is C28H30Cl2N2O3. The molecule has 0 radical (unpaired) electrons. The van der Waals surface area contributed by atoms with Crippen molar-refractivity contribution in [3.63, 3.8) is 0 Å². The maximum absolute atomic E-state index is 13.6. The lowest BCUT2D eigenvalue weighted by atomic mass is 10.0. The van der Waals surface area contributed by atoms with Crippen LogP contribution >= 0.6 is 23.2 Å². The normalized spacial score (nSPS) is 11.7. The van der Waals surface area contributed by atoms with Crippen LogP contribution in [0, 0.1) is 5.92 Å². The van der Waals surface area contributed by atoms with Gasteiger partial charge in [0.1, 0.15) is 11.8 Å². The summed E-state index contributed by atoms with van der Waals surface area (Å²) >= 11 is 12.6. The fraction of sp³-hybridized carbons (Fsp3) is 0.286. The molecule has 5 nitrogen and oxygen atoms in total. The number of halogens is 2. The average Bonchev–Trinajstić information content (AvgIpc) is 2.85. The number of para-hydroxylation sites is 1. The van der Waals surface area contributed by atoms with Gasteiger partial charge in [0.05, 0.1) is 5.02 Å². The highest BCUT2D eigenvalue weighted by atomic mass is 35.5. The Morgan fingerprint density at radius 2 is 1.51 bits per heavy atom. The van der Waals surface area contributed by atoms with Gasteiger partial charge in [-0.1, -0.05) is 97.7 Å². The van der Waals surface area contributed by atoms with Crippen LogP contribution in [0.3, 0.4) is 0 Å². The van der Waals surface area contributed by atoms with E-state index in [1.54, 1.807) is 35.2 Å². The Morgan fingerprint density at radius 3 is 2.17 bits per heavy atom. The van der Waals surface area contributed by atoms with Gasteiger partial charge in [-0.15, -0.1) is 0 Å². The van der Waals surface area contributed by atoms with Crippen LogP contribution in [0.2, 0.25) is 10.0 Å². The van der Waals surface area contributed by atoms with E-state index in [4.69, 9.17) is 27.9 Å². The Bertz CT molecular complexity index is 1120. The molecule has 0 fully saturated rings. The molecule has 0 bridgehead atoms. The van der Waals surface area contributed by atoms with Crippen molar-refractivity contribution < 1.29 is 14.3 Å². The number of hydrogen-bond acceptors (Lipinski definition) is 3. The fourth-order valence-corrected chi connectivity index (χ4v) is 3.96. The van der Waals surface area contributed by atoms with E-state index in [0.29, 0.717) is 28.8 Å². The third-order valence-electron chi connectivity index (χ3n) is 5.44. The number of nitrogens with one attached hydrogen (secondary N) is 1. The van der Waals surface area contributed by atoms with E-state index in [1.165, 1.54) is 0 Å². The largest absolute Gasteiger partial charge is 0.482 e. The predicted octanol–water partition coefficient (Wildman–Crippen LogP) is 5.78. The monoisotopic (exact) mass is 512 g/mol. The van der Waals surface area contributed by atoms with Crippen molar-refractivity contribution in [2.75, 3.05) is 13.2 Å². The molecule has 0 aliphatic carbocycles. The van der Waals surface area contributed by atoms with Crippen LogP contribution in [0.5, 0.6) is 5.75 Å². The smallest absolute Gasteiger partial charge is 0.261 e. The van der Waals surface area contributed by atoms with Gasteiger partial charge in [0.15, 0.2) is 6.61 Å². The summed E-state index contributed by atoms with van der Waals surface area (Å²) in [7, 11) is 0. The summed E-state index contributed by atoms with van der Waals surface area (Å²) in [6.45, 7) is 4.45. The van der Waals surface area contributed by atoms with Gasteiger partial charge >= 0.3 is 0 Å². The predicted molar refractivity (Wildman–Crippen MR) is 141 cm³/mol. The van der Waals surface area contributed by atoms with Crippen LogP contribution in [0.4, 0.5) is 0 Å². The average molecular weight is 513 g/mol. The molecule has 0 spiro atoms. The van der Waals surface area contributed by atoms with Gasteiger partial charge in [-0.2, -0.15) is 0 Å². The Hall–Kier alpha value is -3.02. The number of carbonyl (C=O) groups excluding carboxylic acids is 2. The third kappa shape index (κ3) is 8.01. The van der Waals surface area contributed by atoms with Crippen molar-refractivity contribution in [1.82, 2.24) is 10.2 Å². The zero-order valence-corrected chi connectivity index (χ0v) is 21.4. The minimum Gasteiger partial charge on any atom is -0.482 e. The number of benzene rings is 3. The topological polar surface area (TPSA) is 58.6 Å². The van der Waals surface area contributed by atoms with E-state index in [0.717, 1.165) is 11.1 Å². The maximum atomic E-state index is 13.6. The molecule has 3 aromatic carbocycles. The van der Waals surface area contributed by atoms with Crippen molar-refractivity contribution in [1.29, 1.82) is 0 Å². The first kappa shape index (κ1) is 26.6. The second-order valence-corrected chi connectivity index (χ2v) is 9.49. The molecular weight excluding hydrogens is 483 g/mol. The van der Waals surface area contributed by atoms with E-state index < -0.39 is 6.04 Å². The Labute approximate surface area is 217 Å². The van der Waals surface area contributed by atoms with Gasteiger partial charge in [0.2, 0.25) is 5.91 Å². The number of nitrogens with zero attached hydrogens (tertiary/aromatic N) is 1. The molecule has 0 saturated carbocycles. The van der Waals surface area contributed by atoms with E-state index in [1.807, 2.05) is 62.4 Å². The summed E-state index contributed by atoms with van der Waals surface area (Å²) in [5, 5.41) is 3.93. The summed E-state index contributed by atoms with van der Waals surface area (Å²) < 4.78 is 5.74. The van der Waals surface area contributed by atoms with Crippen molar-refractivity contribution in [3.8, 4) is 5.75 Å². The number of rotatable bonds is 11. The highest BCUT2D eigenvalue weighted by Crippen LogP contribution is 2.24. The fourth-order valence-electron chi connectivity index (χ4n) is 3.57.